The van der Waals surface area contributed by atoms with Gasteiger partial charge in [-0.05, 0) is 20.3 Å². The van der Waals surface area contributed by atoms with E-state index in [1.54, 1.807) is 4.90 Å². The number of amides is 2. The number of carbonyl (C=O) groups excluding carboxylic acids is 2. The van der Waals surface area contributed by atoms with Gasteiger partial charge in [-0.25, -0.2) is 28.8 Å². The van der Waals surface area contributed by atoms with Gasteiger partial charge in [-0.3, -0.25) is 4.79 Å². The monoisotopic (exact) mass is 420 g/mol. The number of piperazine rings is 1. The highest BCUT2D eigenvalue weighted by Gasteiger charge is 2.29. The van der Waals surface area contributed by atoms with Crippen molar-refractivity contribution in [2.75, 3.05) is 31.1 Å². The van der Waals surface area contributed by atoms with Crippen molar-refractivity contribution >= 4 is 17.9 Å². The molecule has 1 aliphatic rings. The van der Waals surface area contributed by atoms with Crippen LogP contribution in [0.15, 0.2) is 6.20 Å². The van der Waals surface area contributed by atoms with E-state index in [1.165, 1.54) is 11.7 Å². The number of nitrogens with zero attached hydrogens (tertiary/aromatic N) is 7. The van der Waals surface area contributed by atoms with Crippen molar-refractivity contribution in [2.45, 2.75) is 32.8 Å². The summed E-state index contributed by atoms with van der Waals surface area (Å²) in [6.45, 7) is 7.44. The van der Waals surface area contributed by atoms with Gasteiger partial charge in [-0.15, -0.1) is 5.10 Å². The Morgan fingerprint density at radius 2 is 1.90 bits per heavy atom. The van der Waals surface area contributed by atoms with E-state index >= 15 is 0 Å². The van der Waals surface area contributed by atoms with Gasteiger partial charge in [0.05, 0.1) is 6.20 Å². The lowest BCUT2D eigenvalue weighted by Gasteiger charge is -2.36. The molecule has 0 saturated carbocycles. The molecule has 1 fully saturated rings. The zero-order chi connectivity index (χ0) is 22.1. The first-order valence-corrected chi connectivity index (χ1v) is 9.58. The summed E-state index contributed by atoms with van der Waals surface area (Å²) in [4.78, 5) is 39.4. The lowest BCUT2D eigenvalue weighted by atomic mass is 10.1. The minimum Gasteiger partial charge on any atom is -0.443 e. The molecule has 3 rings (SSSR count). The maximum Gasteiger partial charge on any atom is 0.410 e. The van der Waals surface area contributed by atoms with Crippen LogP contribution in [-0.2, 0) is 11.8 Å². The molecular formula is C18H25FN8O3. The minimum atomic E-state index is -0.819. The van der Waals surface area contributed by atoms with Crippen LogP contribution in [0.3, 0.4) is 0 Å². The third kappa shape index (κ3) is 4.47. The molecule has 0 aliphatic carbocycles. The molecular weight excluding hydrogens is 395 g/mol. The lowest BCUT2D eigenvalue weighted by molar-refractivity contribution is 0.0105. The number of hydrogen-bond acceptors (Lipinski definition) is 8. The first-order chi connectivity index (χ1) is 14.1. The summed E-state index contributed by atoms with van der Waals surface area (Å²) in [5, 5.41) is 3.87. The van der Waals surface area contributed by atoms with Crippen LogP contribution >= 0.6 is 0 Å². The van der Waals surface area contributed by atoms with Gasteiger partial charge in [-0.2, -0.15) is 0 Å². The van der Waals surface area contributed by atoms with Gasteiger partial charge in [0, 0.05) is 33.2 Å². The van der Waals surface area contributed by atoms with Crippen molar-refractivity contribution in [3.8, 4) is 11.5 Å². The van der Waals surface area contributed by atoms with Crippen LogP contribution < -0.4 is 10.6 Å². The fourth-order valence-corrected chi connectivity index (χ4v) is 2.82. The normalized spacial score (nSPS) is 14.7. The zero-order valence-corrected chi connectivity index (χ0v) is 17.4. The van der Waals surface area contributed by atoms with Crippen molar-refractivity contribution in [1.29, 1.82) is 0 Å². The van der Waals surface area contributed by atoms with Gasteiger partial charge in [0.25, 0.3) is 5.91 Å². The van der Waals surface area contributed by atoms with Crippen LogP contribution in [0.25, 0.3) is 11.5 Å². The molecule has 162 valence electrons. The maximum atomic E-state index is 14.4. The largest absolute Gasteiger partial charge is 0.443 e. The predicted molar refractivity (Wildman–Crippen MR) is 105 cm³/mol. The van der Waals surface area contributed by atoms with E-state index in [9.17, 15) is 14.0 Å². The first-order valence-electron chi connectivity index (χ1n) is 9.58. The summed E-state index contributed by atoms with van der Waals surface area (Å²) in [5.74, 6) is -1.39. The number of hydrogen-bond donors (Lipinski definition) is 1. The minimum absolute atomic E-state index is 0.0639. The SMILES string of the molecule is CCC(C)(C)OC(=O)N1CCN(c2ncc(F)c(-c3nc(C(N)=O)nn3C)n2)CC1. The molecule has 0 unspecified atom stereocenters. The van der Waals surface area contributed by atoms with E-state index < -0.39 is 17.3 Å². The predicted octanol–water partition coefficient (Wildman–Crippen LogP) is 0.957. The molecule has 0 atom stereocenters. The van der Waals surface area contributed by atoms with Crippen LogP contribution in [-0.4, -0.2) is 73.4 Å². The Morgan fingerprint density at radius 1 is 1.23 bits per heavy atom. The fourth-order valence-electron chi connectivity index (χ4n) is 2.82. The number of aryl methyl sites for hydroxylation is 1. The van der Waals surface area contributed by atoms with Gasteiger partial charge in [0.2, 0.25) is 11.8 Å². The summed E-state index contributed by atoms with van der Waals surface area (Å²) in [6, 6.07) is 0. The Balaban J connectivity index is 1.74. The molecule has 11 nitrogen and oxygen atoms in total. The van der Waals surface area contributed by atoms with Crippen LogP contribution in [0.2, 0.25) is 0 Å². The number of nitrogens with two attached hydrogens (primary N) is 1. The van der Waals surface area contributed by atoms with E-state index in [-0.39, 0.29) is 29.4 Å². The van der Waals surface area contributed by atoms with Crippen LogP contribution in [0.4, 0.5) is 15.1 Å². The fraction of sp³-hybridized carbons (Fsp3) is 0.556. The van der Waals surface area contributed by atoms with E-state index in [4.69, 9.17) is 10.5 Å². The van der Waals surface area contributed by atoms with E-state index in [0.717, 1.165) is 6.20 Å². The molecule has 2 amide bonds. The molecule has 0 bridgehead atoms. The Kier molecular flexibility index (Phi) is 5.85. The average molecular weight is 420 g/mol. The van der Waals surface area contributed by atoms with Gasteiger partial charge in [0.15, 0.2) is 11.6 Å². The number of anilines is 1. The Labute approximate surface area is 173 Å². The van der Waals surface area contributed by atoms with Crippen molar-refractivity contribution in [3.05, 3.63) is 17.8 Å². The van der Waals surface area contributed by atoms with Crippen molar-refractivity contribution < 1.29 is 18.7 Å². The number of carbonyl (C=O) groups is 2. The second-order valence-corrected chi connectivity index (χ2v) is 7.57. The maximum absolute atomic E-state index is 14.4. The van der Waals surface area contributed by atoms with E-state index in [0.29, 0.717) is 32.6 Å². The van der Waals surface area contributed by atoms with Gasteiger partial charge in [0.1, 0.15) is 11.3 Å². The third-order valence-electron chi connectivity index (χ3n) is 4.96. The first kappa shape index (κ1) is 21.4. The molecule has 2 N–H and O–H groups in total. The number of rotatable bonds is 5. The van der Waals surface area contributed by atoms with Crippen molar-refractivity contribution in [1.82, 2.24) is 29.6 Å². The highest BCUT2D eigenvalue weighted by molar-refractivity contribution is 5.89. The quantitative estimate of drug-likeness (QED) is 0.756. The smallest absolute Gasteiger partial charge is 0.410 e. The molecule has 1 aliphatic heterocycles. The van der Waals surface area contributed by atoms with Crippen molar-refractivity contribution in [2.24, 2.45) is 12.8 Å². The van der Waals surface area contributed by atoms with Gasteiger partial charge in [-0.1, -0.05) is 6.92 Å². The van der Waals surface area contributed by atoms with E-state index in [1.807, 2.05) is 25.7 Å². The highest BCUT2D eigenvalue weighted by atomic mass is 19.1. The second-order valence-electron chi connectivity index (χ2n) is 7.57. The molecule has 3 heterocycles. The summed E-state index contributed by atoms with van der Waals surface area (Å²) < 4.78 is 21.1. The molecule has 1 saturated heterocycles. The molecule has 2 aromatic rings. The Bertz CT molecular complexity index is 953. The van der Waals surface area contributed by atoms with E-state index in [2.05, 4.69) is 20.1 Å². The second kappa shape index (κ2) is 8.20. The topological polar surface area (TPSA) is 132 Å². The molecule has 12 heteroatoms. The highest BCUT2D eigenvalue weighted by Crippen LogP contribution is 2.22. The summed E-state index contributed by atoms with van der Waals surface area (Å²) in [5.41, 5.74) is 4.58. The summed E-state index contributed by atoms with van der Waals surface area (Å²) >= 11 is 0. The zero-order valence-electron chi connectivity index (χ0n) is 17.4. The molecule has 30 heavy (non-hydrogen) atoms. The van der Waals surface area contributed by atoms with Gasteiger partial charge >= 0.3 is 6.09 Å². The third-order valence-corrected chi connectivity index (χ3v) is 4.96. The number of halogens is 1. The molecule has 0 radical (unpaired) electrons. The van der Waals surface area contributed by atoms with Crippen LogP contribution in [0.5, 0.6) is 0 Å². The Morgan fingerprint density at radius 3 is 2.47 bits per heavy atom. The molecule has 0 spiro atoms. The van der Waals surface area contributed by atoms with Crippen LogP contribution in [0.1, 0.15) is 37.8 Å². The molecule has 2 aromatic heterocycles. The summed E-state index contributed by atoms with van der Waals surface area (Å²) in [6.07, 6.45) is 1.39. The Hall–Kier alpha value is -3.31. The van der Waals surface area contributed by atoms with Gasteiger partial charge < -0.3 is 20.3 Å². The standard InChI is InChI=1S/C18H25FN8O3/c1-5-18(2,3)30-17(29)27-8-6-26(7-9-27)16-21-10-11(19)12(22-16)15-23-14(13(20)28)24-25(15)4/h10H,5-9H2,1-4H3,(H2,20,28). The van der Waals surface area contributed by atoms with Crippen LogP contribution in [0, 0.1) is 5.82 Å². The van der Waals surface area contributed by atoms with Crippen molar-refractivity contribution in [3.63, 3.8) is 0 Å². The number of primary amides is 1. The number of ether oxygens (including phenoxy) is 1. The number of aromatic nitrogens is 5. The molecule has 0 aromatic carbocycles. The summed E-state index contributed by atoms with van der Waals surface area (Å²) in [7, 11) is 1.51. The average Bonchev–Trinajstić information content (AvgIpc) is 3.10. The lowest BCUT2D eigenvalue weighted by Crippen LogP contribution is -2.50.